The lowest BCUT2D eigenvalue weighted by Gasteiger charge is -2.20. The molecule has 0 radical (unpaired) electrons. The Morgan fingerprint density at radius 1 is 1.17 bits per heavy atom. The Morgan fingerprint density at radius 3 is 2.54 bits per heavy atom. The van der Waals surface area contributed by atoms with E-state index in [2.05, 4.69) is 65.7 Å². The van der Waals surface area contributed by atoms with Gasteiger partial charge in [-0.3, -0.25) is 4.99 Å². The molecule has 0 aliphatic heterocycles. The SMILES string of the molecule is CCCC(CCO)CN=C(NCC)NCCN(C)c1ccccc1. The highest BCUT2D eigenvalue weighted by Gasteiger charge is 2.07. The number of nitrogens with zero attached hydrogens (tertiary/aromatic N) is 2. The van der Waals surface area contributed by atoms with Gasteiger partial charge in [0.05, 0.1) is 0 Å². The number of aliphatic hydroxyl groups excluding tert-OH is 1. The van der Waals surface area contributed by atoms with E-state index in [9.17, 15) is 0 Å². The molecule has 0 aliphatic carbocycles. The molecule has 0 aliphatic rings. The molecule has 0 fully saturated rings. The lowest BCUT2D eigenvalue weighted by molar-refractivity contribution is 0.253. The van der Waals surface area contributed by atoms with Crippen molar-refractivity contribution in [2.75, 3.05) is 44.7 Å². The first kappa shape index (κ1) is 20.3. The van der Waals surface area contributed by atoms with Crippen molar-refractivity contribution in [2.45, 2.75) is 33.1 Å². The van der Waals surface area contributed by atoms with Crippen molar-refractivity contribution in [3.63, 3.8) is 0 Å². The molecule has 3 N–H and O–H groups in total. The molecule has 1 atom stereocenters. The number of rotatable bonds is 11. The number of para-hydroxylation sites is 1. The van der Waals surface area contributed by atoms with Crippen molar-refractivity contribution in [3.05, 3.63) is 30.3 Å². The third kappa shape index (κ3) is 8.20. The van der Waals surface area contributed by atoms with Gasteiger partial charge in [-0.15, -0.1) is 0 Å². The monoisotopic (exact) mass is 334 g/mol. The van der Waals surface area contributed by atoms with Crippen LogP contribution in [0.2, 0.25) is 0 Å². The number of guanidine groups is 1. The normalized spacial score (nSPS) is 12.8. The number of benzene rings is 1. The molecule has 1 rings (SSSR count). The van der Waals surface area contributed by atoms with Crippen LogP contribution in [-0.4, -0.2) is 50.9 Å². The van der Waals surface area contributed by atoms with E-state index in [1.54, 1.807) is 0 Å². The Bertz CT molecular complexity index is 444. The number of aliphatic hydroxyl groups is 1. The first-order valence-corrected chi connectivity index (χ1v) is 9.10. The molecular weight excluding hydrogens is 300 g/mol. The summed E-state index contributed by atoms with van der Waals surface area (Å²) < 4.78 is 0. The van der Waals surface area contributed by atoms with E-state index in [1.165, 1.54) is 5.69 Å². The minimum absolute atomic E-state index is 0.242. The van der Waals surface area contributed by atoms with Gasteiger partial charge in [0.25, 0.3) is 0 Å². The Balaban J connectivity index is 2.45. The molecule has 0 aromatic heterocycles. The standard InChI is InChI=1S/C19H34N4O/c1-4-9-17(12-15-24)16-22-19(20-5-2)21-13-14-23(3)18-10-7-6-8-11-18/h6-8,10-11,17,24H,4-5,9,12-16H2,1-3H3,(H2,20,21,22). The fourth-order valence-corrected chi connectivity index (χ4v) is 2.63. The molecule has 1 aromatic carbocycles. The Kier molecular flexibility index (Phi) is 10.7. The molecule has 1 unspecified atom stereocenters. The second-order valence-corrected chi connectivity index (χ2v) is 6.07. The van der Waals surface area contributed by atoms with Gasteiger partial charge in [-0.05, 0) is 37.8 Å². The van der Waals surface area contributed by atoms with E-state index in [0.717, 1.165) is 51.4 Å². The van der Waals surface area contributed by atoms with Gasteiger partial charge in [-0.2, -0.15) is 0 Å². The predicted molar refractivity (Wildman–Crippen MR) is 104 cm³/mol. The number of anilines is 1. The van der Waals surface area contributed by atoms with Crippen LogP contribution in [0.15, 0.2) is 35.3 Å². The first-order valence-electron chi connectivity index (χ1n) is 9.10. The quantitative estimate of drug-likeness (QED) is 0.430. The third-order valence-electron chi connectivity index (χ3n) is 4.02. The van der Waals surface area contributed by atoms with E-state index in [1.807, 2.05) is 6.07 Å². The summed E-state index contributed by atoms with van der Waals surface area (Å²) >= 11 is 0. The van der Waals surface area contributed by atoms with Crippen molar-refractivity contribution in [3.8, 4) is 0 Å². The van der Waals surface area contributed by atoms with Gasteiger partial charge in [-0.1, -0.05) is 31.5 Å². The van der Waals surface area contributed by atoms with Crippen LogP contribution in [0.25, 0.3) is 0 Å². The van der Waals surface area contributed by atoms with Gasteiger partial charge in [0.15, 0.2) is 5.96 Å². The molecule has 24 heavy (non-hydrogen) atoms. The van der Waals surface area contributed by atoms with E-state index in [-0.39, 0.29) is 6.61 Å². The zero-order chi connectivity index (χ0) is 17.6. The van der Waals surface area contributed by atoms with Crippen molar-refractivity contribution >= 4 is 11.6 Å². The van der Waals surface area contributed by atoms with Crippen LogP contribution >= 0.6 is 0 Å². The average Bonchev–Trinajstić information content (AvgIpc) is 2.60. The largest absolute Gasteiger partial charge is 0.396 e. The smallest absolute Gasteiger partial charge is 0.191 e. The maximum Gasteiger partial charge on any atom is 0.191 e. The molecule has 136 valence electrons. The number of aliphatic imine (C=N–C) groups is 1. The molecule has 0 amide bonds. The fourth-order valence-electron chi connectivity index (χ4n) is 2.63. The molecule has 1 aromatic rings. The van der Waals surface area contributed by atoms with E-state index in [4.69, 9.17) is 5.11 Å². The lowest BCUT2D eigenvalue weighted by Crippen LogP contribution is -2.41. The highest BCUT2D eigenvalue weighted by Crippen LogP contribution is 2.11. The molecule has 5 nitrogen and oxygen atoms in total. The third-order valence-corrected chi connectivity index (χ3v) is 4.02. The maximum absolute atomic E-state index is 9.16. The van der Waals surface area contributed by atoms with E-state index in [0.29, 0.717) is 5.92 Å². The summed E-state index contributed by atoms with van der Waals surface area (Å²) in [5.41, 5.74) is 1.21. The minimum Gasteiger partial charge on any atom is -0.396 e. The molecule has 0 bridgehead atoms. The van der Waals surface area contributed by atoms with Crippen LogP contribution in [-0.2, 0) is 0 Å². The number of likely N-dealkylation sites (N-methyl/N-ethyl adjacent to an activating group) is 1. The summed E-state index contributed by atoms with van der Waals surface area (Å²) in [7, 11) is 2.10. The van der Waals surface area contributed by atoms with Gasteiger partial charge >= 0.3 is 0 Å². The van der Waals surface area contributed by atoms with E-state index < -0.39 is 0 Å². The maximum atomic E-state index is 9.16. The molecule has 5 heteroatoms. The van der Waals surface area contributed by atoms with E-state index >= 15 is 0 Å². The molecule has 0 heterocycles. The summed E-state index contributed by atoms with van der Waals surface area (Å²) in [5, 5.41) is 15.8. The fraction of sp³-hybridized carbons (Fsp3) is 0.632. The Labute approximate surface area is 147 Å². The number of hydrogen-bond acceptors (Lipinski definition) is 3. The van der Waals surface area contributed by atoms with Crippen LogP contribution < -0.4 is 15.5 Å². The summed E-state index contributed by atoms with van der Waals surface area (Å²) in [6.45, 7) is 7.84. The average molecular weight is 335 g/mol. The van der Waals surface area contributed by atoms with Crippen molar-refractivity contribution in [1.82, 2.24) is 10.6 Å². The highest BCUT2D eigenvalue weighted by atomic mass is 16.3. The molecule has 0 saturated carbocycles. The molecular formula is C19H34N4O. The summed E-state index contributed by atoms with van der Waals surface area (Å²) in [4.78, 5) is 6.91. The Morgan fingerprint density at radius 2 is 1.92 bits per heavy atom. The van der Waals surface area contributed by atoms with Crippen molar-refractivity contribution in [1.29, 1.82) is 0 Å². The van der Waals surface area contributed by atoms with Gasteiger partial charge in [0.1, 0.15) is 0 Å². The van der Waals surface area contributed by atoms with Crippen LogP contribution in [0.3, 0.4) is 0 Å². The van der Waals surface area contributed by atoms with Crippen molar-refractivity contribution < 1.29 is 5.11 Å². The number of nitrogens with one attached hydrogen (secondary N) is 2. The zero-order valence-electron chi connectivity index (χ0n) is 15.5. The second-order valence-electron chi connectivity index (χ2n) is 6.07. The van der Waals surface area contributed by atoms with Gasteiger partial charge in [0.2, 0.25) is 0 Å². The van der Waals surface area contributed by atoms with Crippen LogP contribution in [0.5, 0.6) is 0 Å². The lowest BCUT2D eigenvalue weighted by atomic mass is 10.0. The Hall–Kier alpha value is -1.75. The van der Waals surface area contributed by atoms with Gasteiger partial charge in [0, 0.05) is 45.5 Å². The first-order chi connectivity index (χ1) is 11.7. The second kappa shape index (κ2) is 12.6. The minimum atomic E-state index is 0.242. The van der Waals surface area contributed by atoms with Crippen LogP contribution in [0, 0.1) is 5.92 Å². The van der Waals surface area contributed by atoms with Crippen LogP contribution in [0.4, 0.5) is 5.69 Å². The number of hydrogen-bond donors (Lipinski definition) is 3. The zero-order valence-corrected chi connectivity index (χ0v) is 15.5. The topological polar surface area (TPSA) is 59.9 Å². The summed E-state index contributed by atoms with van der Waals surface area (Å²) in [6.07, 6.45) is 3.07. The highest BCUT2D eigenvalue weighted by molar-refractivity contribution is 5.79. The predicted octanol–water partition coefficient (Wildman–Crippen LogP) is 2.48. The van der Waals surface area contributed by atoms with Crippen LogP contribution in [0.1, 0.15) is 33.1 Å². The molecule has 0 spiro atoms. The summed E-state index contributed by atoms with van der Waals surface area (Å²) in [5.74, 6) is 1.32. The van der Waals surface area contributed by atoms with Crippen molar-refractivity contribution in [2.24, 2.45) is 10.9 Å². The van der Waals surface area contributed by atoms with Gasteiger partial charge in [-0.25, -0.2) is 0 Å². The molecule has 0 saturated heterocycles. The van der Waals surface area contributed by atoms with Gasteiger partial charge < -0.3 is 20.6 Å². The summed E-state index contributed by atoms with van der Waals surface area (Å²) in [6, 6.07) is 10.4.